The molecule has 0 saturated heterocycles. The van der Waals surface area contributed by atoms with Crippen molar-refractivity contribution in [3.63, 3.8) is 0 Å². The van der Waals surface area contributed by atoms with Crippen molar-refractivity contribution >= 4 is 0 Å². The molecule has 5 nitrogen and oxygen atoms in total. The second kappa shape index (κ2) is 8.74. The summed E-state index contributed by atoms with van der Waals surface area (Å²) in [6.07, 6.45) is 5.32. The highest BCUT2D eigenvalue weighted by Gasteiger charge is 2.19. The molecule has 31 heavy (non-hydrogen) atoms. The van der Waals surface area contributed by atoms with E-state index in [0.29, 0.717) is 6.54 Å². The molecule has 0 amide bonds. The fourth-order valence-electron chi connectivity index (χ4n) is 3.95. The van der Waals surface area contributed by atoms with Crippen molar-refractivity contribution < 1.29 is 4.74 Å². The third-order valence-corrected chi connectivity index (χ3v) is 5.58. The van der Waals surface area contributed by atoms with E-state index in [9.17, 15) is 4.79 Å². The van der Waals surface area contributed by atoms with E-state index in [2.05, 4.69) is 34.7 Å². The fourth-order valence-corrected chi connectivity index (χ4v) is 3.95. The predicted molar refractivity (Wildman–Crippen MR) is 123 cm³/mol. The number of aryl methyl sites for hydroxylation is 3. The van der Waals surface area contributed by atoms with Gasteiger partial charge in [-0.25, -0.2) is 4.98 Å². The monoisotopic (exact) mass is 413 g/mol. The number of imidazole rings is 1. The van der Waals surface area contributed by atoms with Gasteiger partial charge in [0.15, 0.2) is 0 Å². The standard InChI is InChI=1S/C26H27N3O2/c1-18-7-5-9-21(11-18)26(31-4)24-14-27-17-28(24)16-22-13-25(30)29(15-20(22)3)23-10-6-8-19(2)12-23/h5-15,17,26H,16H2,1-4H3. The molecule has 0 N–H and O–H groups in total. The molecule has 0 bridgehead atoms. The maximum absolute atomic E-state index is 12.9. The van der Waals surface area contributed by atoms with E-state index in [1.165, 1.54) is 5.56 Å². The Hall–Kier alpha value is -3.44. The minimum Gasteiger partial charge on any atom is -0.370 e. The smallest absolute Gasteiger partial charge is 0.255 e. The summed E-state index contributed by atoms with van der Waals surface area (Å²) in [6, 6.07) is 18.0. The lowest BCUT2D eigenvalue weighted by Gasteiger charge is -2.19. The van der Waals surface area contributed by atoms with Gasteiger partial charge in [0, 0.05) is 31.6 Å². The zero-order chi connectivity index (χ0) is 22.0. The molecule has 4 rings (SSSR count). The summed E-state index contributed by atoms with van der Waals surface area (Å²) in [5.41, 5.74) is 7.18. The van der Waals surface area contributed by atoms with Crippen molar-refractivity contribution in [3.8, 4) is 5.69 Å². The Morgan fingerprint density at radius 3 is 2.45 bits per heavy atom. The van der Waals surface area contributed by atoms with Crippen LogP contribution in [0.4, 0.5) is 0 Å². The second-order valence-corrected chi connectivity index (χ2v) is 8.01. The van der Waals surface area contributed by atoms with Gasteiger partial charge in [0.2, 0.25) is 0 Å². The average Bonchev–Trinajstić information content (AvgIpc) is 3.19. The summed E-state index contributed by atoms with van der Waals surface area (Å²) in [6.45, 7) is 6.68. The molecule has 0 aliphatic heterocycles. The lowest BCUT2D eigenvalue weighted by atomic mass is 10.0. The Kier molecular flexibility index (Phi) is 5.87. The molecule has 4 aromatic rings. The van der Waals surface area contributed by atoms with Crippen molar-refractivity contribution in [1.82, 2.24) is 14.1 Å². The first kappa shape index (κ1) is 20.8. The van der Waals surface area contributed by atoms with E-state index in [-0.39, 0.29) is 11.7 Å². The number of ether oxygens (including phenoxy) is 1. The van der Waals surface area contributed by atoms with Crippen molar-refractivity contribution in [2.45, 2.75) is 33.4 Å². The maximum atomic E-state index is 12.9. The maximum Gasteiger partial charge on any atom is 0.255 e. The molecule has 2 aromatic carbocycles. The molecule has 2 aromatic heterocycles. The van der Waals surface area contributed by atoms with Gasteiger partial charge in [0.05, 0.1) is 18.2 Å². The molecular formula is C26H27N3O2. The number of aromatic nitrogens is 3. The van der Waals surface area contributed by atoms with Crippen molar-refractivity contribution in [3.05, 3.63) is 117 Å². The van der Waals surface area contributed by atoms with Crippen LogP contribution in [0.5, 0.6) is 0 Å². The van der Waals surface area contributed by atoms with Crippen LogP contribution >= 0.6 is 0 Å². The number of pyridine rings is 1. The zero-order valence-electron chi connectivity index (χ0n) is 18.4. The van der Waals surface area contributed by atoms with E-state index >= 15 is 0 Å². The number of hydrogen-bond acceptors (Lipinski definition) is 3. The highest BCUT2D eigenvalue weighted by atomic mass is 16.5. The number of rotatable bonds is 6. The van der Waals surface area contributed by atoms with Gasteiger partial charge in [-0.2, -0.15) is 0 Å². The predicted octanol–water partition coefficient (Wildman–Crippen LogP) is 4.74. The van der Waals surface area contributed by atoms with Crippen molar-refractivity contribution in [2.75, 3.05) is 7.11 Å². The lowest BCUT2D eigenvalue weighted by Crippen LogP contribution is -2.20. The number of methoxy groups -OCH3 is 1. The zero-order valence-corrected chi connectivity index (χ0v) is 18.4. The quantitative estimate of drug-likeness (QED) is 0.459. The van der Waals surface area contributed by atoms with E-state index < -0.39 is 0 Å². The first-order chi connectivity index (χ1) is 15.0. The van der Waals surface area contributed by atoms with Gasteiger partial charge < -0.3 is 9.30 Å². The molecule has 0 spiro atoms. The Labute approximate surface area is 182 Å². The molecule has 158 valence electrons. The number of hydrogen-bond donors (Lipinski definition) is 0. The van der Waals surface area contributed by atoms with Crippen LogP contribution in [0.3, 0.4) is 0 Å². The first-order valence-electron chi connectivity index (χ1n) is 10.3. The van der Waals surface area contributed by atoms with E-state index in [0.717, 1.165) is 33.6 Å². The van der Waals surface area contributed by atoms with Gasteiger partial charge >= 0.3 is 0 Å². The van der Waals surface area contributed by atoms with Crippen LogP contribution in [0.1, 0.15) is 39.6 Å². The average molecular weight is 414 g/mol. The van der Waals surface area contributed by atoms with Crippen LogP contribution in [0.25, 0.3) is 5.69 Å². The van der Waals surface area contributed by atoms with Gasteiger partial charge in [-0.1, -0.05) is 42.0 Å². The molecule has 1 atom stereocenters. The Morgan fingerprint density at radius 1 is 1.00 bits per heavy atom. The topological polar surface area (TPSA) is 49.1 Å². The van der Waals surface area contributed by atoms with E-state index in [1.54, 1.807) is 24.1 Å². The summed E-state index contributed by atoms with van der Waals surface area (Å²) >= 11 is 0. The summed E-state index contributed by atoms with van der Waals surface area (Å²) in [4.78, 5) is 17.2. The largest absolute Gasteiger partial charge is 0.370 e. The van der Waals surface area contributed by atoms with Crippen LogP contribution in [0, 0.1) is 20.8 Å². The van der Waals surface area contributed by atoms with Crippen LogP contribution < -0.4 is 5.56 Å². The van der Waals surface area contributed by atoms with Gasteiger partial charge in [0.1, 0.15) is 6.10 Å². The molecular weight excluding hydrogens is 386 g/mol. The second-order valence-electron chi connectivity index (χ2n) is 8.01. The molecule has 0 fully saturated rings. The van der Waals surface area contributed by atoms with Crippen LogP contribution in [-0.2, 0) is 11.3 Å². The molecule has 0 radical (unpaired) electrons. The molecule has 0 saturated carbocycles. The van der Waals surface area contributed by atoms with Gasteiger partial charge in [-0.05, 0) is 55.2 Å². The number of benzene rings is 2. The summed E-state index contributed by atoms with van der Waals surface area (Å²) in [7, 11) is 1.71. The van der Waals surface area contributed by atoms with Gasteiger partial charge in [-0.15, -0.1) is 0 Å². The van der Waals surface area contributed by atoms with Crippen molar-refractivity contribution in [2.24, 2.45) is 0 Å². The Bertz CT molecular complexity index is 1270. The van der Waals surface area contributed by atoms with Crippen molar-refractivity contribution in [1.29, 1.82) is 0 Å². The SMILES string of the molecule is COC(c1cccc(C)c1)c1cncn1Cc1cc(=O)n(-c2cccc(C)c2)cc1C. The third kappa shape index (κ3) is 4.37. The highest BCUT2D eigenvalue weighted by Crippen LogP contribution is 2.26. The fraction of sp³-hybridized carbons (Fsp3) is 0.231. The van der Waals surface area contributed by atoms with E-state index in [1.807, 2.05) is 56.6 Å². The summed E-state index contributed by atoms with van der Waals surface area (Å²) < 4.78 is 9.58. The van der Waals surface area contributed by atoms with Crippen LogP contribution in [-0.4, -0.2) is 21.2 Å². The summed E-state index contributed by atoms with van der Waals surface area (Å²) in [5, 5.41) is 0. The normalized spacial score (nSPS) is 12.1. The minimum absolute atomic E-state index is 0.0464. The molecule has 0 aliphatic carbocycles. The van der Waals surface area contributed by atoms with Gasteiger partial charge in [0.25, 0.3) is 5.56 Å². The molecule has 1 unspecified atom stereocenters. The lowest BCUT2D eigenvalue weighted by molar-refractivity contribution is 0.130. The highest BCUT2D eigenvalue weighted by molar-refractivity contribution is 5.38. The minimum atomic E-state index is -0.227. The molecule has 5 heteroatoms. The summed E-state index contributed by atoms with van der Waals surface area (Å²) in [5.74, 6) is 0. The molecule has 2 heterocycles. The third-order valence-electron chi connectivity index (χ3n) is 5.58. The Balaban J connectivity index is 1.68. The van der Waals surface area contributed by atoms with E-state index in [4.69, 9.17) is 4.74 Å². The van der Waals surface area contributed by atoms with Gasteiger partial charge in [-0.3, -0.25) is 9.36 Å². The number of nitrogens with zero attached hydrogens (tertiary/aromatic N) is 3. The molecule has 0 aliphatic rings. The first-order valence-corrected chi connectivity index (χ1v) is 10.3. The van der Waals surface area contributed by atoms with Crippen LogP contribution in [0.15, 0.2) is 78.1 Å². The van der Waals surface area contributed by atoms with Crippen LogP contribution in [0.2, 0.25) is 0 Å². The Morgan fingerprint density at radius 2 is 1.74 bits per heavy atom.